The van der Waals surface area contributed by atoms with Crippen LogP contribution in [0, 0.1) is 0 Å². The van der Waals surface area contributed by atoms with E-state index in [1.807, 2.05) is 36.1 Å². The first-order chi connectivity index (χ1) is 12.4. The van der Waals surface area contributed by atoms with Crippen molar-refractivity contribution in [2.24, 2.45) is 0 Å². The largest absolute Gasteiger partial charge is 0.480 e. The van der Waals surface area contributed by atoms with Crippen LogP contribution < -0.4 is 4.72 Å². The second-order valence-electron chi connectivity index (χ2n) is 6.65. The van der Waals surface area contributed by atoms with E-state index in [0.717, 1.165) is 5.39 Å². The summed E-state index contributed by atoms with van der Waals surface area (Å²) in [6, 6.07) is 9.22. The average Bonchev–Trinajstić information content (AvgIpc) is 2.56. The van der Waals surface area contributed by atoms with Gasteiger partial charge in [-0.2, -0.15) is 0 Å². The van der Waals surface area contributed by atoms with Gasteiger partial charge < -0.3 is 5.11 Å². The molecule has 26 heavy (non-hydrogen) atoms. The standard InChI is InChI=1S/C18H23N3O4S/c1-2-21(11-17(22)23)16-9-15(10-16)20-26(24,25)12-14-6-3-5-13-7-4-8-19-18(13)14/h3-8,15-16,20H,2,9-12H2,1H3,(H,22,23). The van der Waals surface area contributed by atoms with E-state index in [1.165, 1.54) is 0 Å². The average molecular weight is 377 g/mol. The minimum Gasteiger partial charge on any atom is -0.480 e. The molecule has 1 aromatic carbocycles. The van der Waals surface area contributed by atoms with Crippen LogP contribution in [0.4, 0.5) is 0 Å². The molecule has 2 aromatic rings. The highest BCUT2D eigenvalue weighted by atomic mass is 32.2. The molecule has 0 aliphatic heterocycles. The summed E-state index contributed by atoms with van der Waals surface area (Å²) < 4.78 is 27.8. The van der Waals surface area contributed by atoms with Crippen LogP contribution in [0.15, 0.2) is 36.5 Å². The van der Waals surface area contributed by atoms with Crippen molar-refractivity contribution in [3.8, 4) is 0 Å². The van der Waals surface area contributed by atoms with Gasteiger partial charge in [-0.25, -0.2) is 13.1 Å². The third-order valence-corrected chi connectivity index (χ3v) is 6.17. The highest BCUT2D eigenvalue weighted by Crippen LogP contribution is 2.27. The Labute approximate surface area is 153 Å². The molecule has 0 atom stereocenters. The van der Waals surface area contributed by atoms with Crippen molar-refractivity contribution in [1.82, 2.24) is 14.6 Å². The number of nitrogens with one attached hydrogen (secondary N) is 1. The van der Waals surface area contributed by atoms with Gasteiger partial charge in [-0.1, -0.05) is 31.2 Å². The van der Waals surface area contributed by atoms with E-state index < -0.39 is 16.0 Å². The fourth-order valence-corrected chi connectivity index (χ4v) is 4.87. The van der Waals surface area contributed by atoms with Gasteiger partial charge in [-0.05, 0) is 31.0 Å². The summed E-state index contributed by atoms with van der Waals surface area (Å²) in [4.78, 5) is 17.0. The number of fused-ring (bicyclic) bond motifs is 1. The van der Waals surface area contributed by atoms with Gasteiger partial charge in [0.2, 0.25) is 10.0 Å². The van der Waals surface area contributed by atoms with E-state index in [1.54, 1.807) is 12.3 Å². The summed E-state index contributed by atoms with van der Waals surface area (Å²) in [5.41, 5.74) is 1.37. The van der Waals surface area contributed by atoms with Crippen LogP contribution in [0.2, 0.25) is 0 Å². The molecular formula is C18H23N3O4S. The zero-order valence-electron chi connectivity index (χ0n) is 14.6. The lowest BCUT2D eigenvalue weighted by molar-refractivity contribution is -0.139. The molecule has 0 amide bonds. The molecule has 0 saturated heterocycles. The number of hydrogen-bond acceptors (Lipinski definition) is 5. The number of aromatic nitrogens is 1. The van der Waals surface area contributed by atoms with Crippen molar-refractivity contribution in [2.75, 3.05) is 13.1 Å². The summed E-state index contributed by atoms with van der Waals surface area (Å²) in [5, 5.41) is 9.84. The molecule has 0 radical (unpaired) electrons. The predicted octanol–water partition coefficient (Wildman–Crippen LogP) is 1.59. The Morgan fingerprint density at radius 1 is 1.31 bits per heavy atom. The minimum atomic E-state index is -3.49. The van der Waals surface area contributed by atoms with Crippen molar-refractivity contribution >= 4 is 26.9 Å². The Bertz CT molecular complexity index is 889. The number of sulfonamides is 1. The maximum atomic E-state index is 12.5. The molecule has 1 aliphatic carbocycles. The van der Waals surface area contributed by atoms with Crippen LogP contribution >= 0.6 is 0 Å². The molecular weight excluding hydrogens is 354 g/mol. The summed E-state index contributed by atoms with van der Waals surface area (Å²) in [6.45, 7) is 2.54. The van der Waals surface area contributed by atoms with E-state index in [2.05, 4.69) is 9.71 Å². The summed E-state index contributed by atoms with van der Waals surface area (Å²) >= 11 is 0. The molecule has 0 spiro atoms. The molecule has 140 valence electrons. The molecule has 1 fully saturated rings. The number of likely N-dealkylation sites (N-methyl/N-ethyl adjacent to an activating group) is 1. The van der Waals surface area contributed by atoms with E-state index in [-0.39, 0.29) is 24.4 Å². The molecule has 3 rings (SSSR count). The molecule has 2 N–H and O–H groups in total. The number of benzene rings is 1. The van der Waals surface area contributed by atoms with E-state index in [9.17, 15) is 13.2 Å². The second kappa shape index (κ2) is 7.69. The normalized spacial score (nSPS) is 20.2. The smallest absolute Gasteiger partial charge is 0.317 e. The summed E-state index contributed by atoms with van der Waals surface area (Å²) in [5.74, 6) is -0.978. The van der Waals surface area contributed by atoms with Gasteiger partial charge in [0.05, 0.1) is 17.8 Å². The fourth-order valence-electron chi connectivity index (χ4n) is 3.44. The first-order valence-electron chi connectivity index (χ1n) is 8.66. The van der Waals surface area contributed by atoms with Crippen LogP contribution in [0.3, 0.4) is 0 Å². The summed E-state index contributed by atoms with van der Waals surface area (Å²) in [7, 11) is -3.49. The maximum absolute atomic E-state index is 12.5. The lowest BCUT2D eigenvalue weighted by atomic mass is 9.86. The van der Waals surface area contributed by atoms with Crippen molar-refractivity contribution in [3.63, 3.8) is 0 Å². The zero-order valence-corrected chi connectivity index (χ0v) is 15.4. The molecule has 7 nitrogen and oxygen atoms in total. The van der Waals surface area contributed by atoms with Crippen LogP contribution in [0.5, 0.6) is 0 Å². The van der Waals surface area contributed by atoms with Gasteiger partial charge in [0, 0.05) is 23.7 Å². The Balaban J connectivity index is 1.61. The quantitative estimate of drug-likeness (QED) is 0.725. The molecule has 1 heterocycles. The van der Waals surface area contributed by atoms with Crippen molar-refractivity contribution < 1.29 is 18.3 Å². The third-order valence-electron chi connectivity index (χ3n) is 4.78. The van der Waals surface area contributed by atoms with E-state index in [4.69, 9.17) is 5.11 Å². The zero-order chi connectivity index (χ0) is 18.7. The van der Waals surface area contributed by atoms with Crippen LogP contribution in [-0.4, -0.2) is 54.6 Å². The first kappa shape index (κ1) is 18.8. The molecule has 8 heteroatoms. The Kier molecular flexibility index (Phi) is 5.55. The number of nitrogens with zero attached hydrogens (tertiary/aromatic N) is 2. The molecule has 0 unspecified atom stereocenters. The van der Waals surface area contributed by atoms with Crippen LogP contribution in [0.25, 0.3) is 10.9 Å². The molecule has 0 bridgehead atoms. The lowest BCUT2D eigenvalue weighted by Gasteiger charge is -2.42. The number of carbonyl (C=O) groups is 1. The molecule has 1 aliphatic rings. The number of rotatable bonds is 8. The van der Waals surface area contributed by atoms with Gasteiger partial charge >= 0.3 is 5.97 Å². The first-order valence-corrected chi connectivity index (χ1v) is 10.3. The van der Waals surface area contributed by atoms with Crippen LogP contribution in [-0.2, 0) is 20.6 Å². The van der Waals surface area contributed by atoms with E-state index in [0.29, 0.717) is 30.5 Å². The van der Waals surface area contributed by atoms with Gasteiger partial charge in [0.25, 0.3) is 0 Å². The number of para-hydroxylation sites is 1. The number of aliphatic carboxylic acids is 1. The van der Waals surface area contributed by atoms with Crippen molar-refractivity contribution in [2.45, 2.75) is 37.6 Å². The Morgan fingerprint density at radius 3 is 2.73 bits per heavy atom. The van der Waals surface area contributed by atoms with Gasteiger partial charge in [0.1, 0.15) is 0 Å². The topological polar surface area (TPSA) is 99.6 Å². The number of carboxylic acids is 1. The third kappa shape index (κ3) is 4.38. The molecule has 1 saturated carbocycles. The second-order valence-corrected chi connectivity index (χ2v) is 8.40. The minimum absolute atomic E-state index is 0.0116. The van der Waals surface area contributed by atoms with Crippen LogP contribution in [0.1, 0.15) is 25.3 Å². The van der Waals surface area contributed by atoms with Gasteiger partial charge in [0.15, 0.2) is 0 Å². The molecule has 1 aromatic heterocycles. The SMILES string of the molecule is CCN(CC(=O)O)C1CC(NS(=O)(=O)Cc2cccc3cccnc23)C1. The highest BCUT2D eigenvalue weighted by Gasteiger charge is 2.36. The fraction of sp³-hybridized carbons (Fsp3) is 0.444. The Morgan fingerprint density at radius 2 is 2.04 bits per heavy atom. The van der Waals surface area contributed by atoms with Gasteiger partial charge in [-0.3, -0.25) is 14.7 Å². The van der Waals surface area contributed by atoms with Crippen molar-refractivity contribution in [3.05, 3.63) is 42.1 Å². The van der Waals surface area contributed by atoms with E-state index >= 15 is 0 Å². The monoisotopic (exact) mass is 377 g/mol. The summed E-state index contributed by atoms with van der Waals surface area (Å²) in [6.07, 6.45) is 2.92. The Hall–Kier alpha value is -2.03. The maximum Gasteiger partial charge on any atom is 0.317 e. The van der Waals surface area contributed by atoms with Gasteiger partial charge in [-0.15, -0.1) is 0 Å². The lowest BCUT2D eigenvalue weighted by Crippen LogP contribution is -2.54. The predicted molar refractivity (Wildman–Crippen MR) is 99.2 cm³/mol. The number of hydrogen-bond donors (Lipinski definition) is 2. The highest BCUT2D eigenvalue weighted by molar-refractivity contribution is 7.88. The van der Waals surface area contributed by atoms with Crippen molar-refractivity contribution in [1.29, 1.82) is 0 Å². The number of carboxylic acid groups (broad SMARTS) is 1. The number of pyridine rings is 1.